The predicted molar refractivity (Wildman–Crippen MR) is 68.4 cm³/mol. The number of amides is 1. The summed E-state index contributed by atoms with van der Waals surface area (Å²) < 4.78 is 13.5. The maximum Gasteiger partial charge on any atom is 0.252 e. The molecule has 4 heteroatoms. The molecule has 0 saturated heterocycles. The Labute approximate surface area is 109 Å². The lowest BCUT2D eigenvalue weighted by molar-refractivity contribution is 0.0908. The average Bonchev–Trinajstić information content (AvgIpc) is 2.19. The summed E-state index contributed by atoms with van der Waals surface area (Å²) in [5, 5.41) is 2.93. The molecule has 1 atom stereocenters. The van der Waals surface area contributed by atoms with E-state index in [1.54, 1.807) is 12.1 Å². The Morgan fingerprint density at radius 1 is 1.53 bits per heavy atom. The maximum atomic E-state index is 13.3. The summed E-state index contributed by atoms with van der Waals surface area (Å²) in [6.45, 7) is 2.01. The smallest absolute Gasteiger partial charge is 0.252 e. The van der Waals surface area contributed by atoms with Gasteiger partial charge in [-0.3, -0.25) is 4.79 Å². The summed E-state index contributed by atoms with van der Waals surface area (Å²) >= 11 is 3.10. The fourth-order valence-corrected chi connectivity index (χ4v) is 2.47. The standard InChI is InChI=1S/C13H15BrFNO/c1-8(9-4-2-5-9)16-13(17)10-6-3-7-11(15)12(10)14/h3,6-9H,2,4-5H2,1H3,(H,16,17). The largest absolute Gasteiger partial charge is 0.349 e. The van der Waals surface area contributed by atoms with E-state index < -0.39 is 5.82 Å². The monoisotopic (exact) mass is 299 g/mol. The number of hydrogen-bond acceptors (Lipinski definition) is 1. The fraction of sp³-hybridized carbons (Fsp3) is 0.462. The van der Waals surface area contributed by atoms with Crippen LogP contribution in [-0.2, 0) is 0 Å². The van der Waals surface area contributed by atoms with Crippen LogP contribution in [-0.4, -0.2) is 11.9 Å². The van der Waals surface area contributed by atoms with Gasteiger partial charge in [0.05, 0.1) is 10.0 Å². The lowest BCUT2D eigenvalue weighted by atomic mass is 9.80. The minimum Gasteiger partial charge on any atom is -0.349 e. The van der Waals surface area contributed by atoms with Crippen molar-refractivity contribution in [2.75, 3.05) is 0 Å². The van der Waals surface area contributed by atoms with Crippen molar-refractivity contribution in [1.82, 2.24) is 5.32 Å². The molecule has 1 aromatic rings. The number of nitrogens with one attached hydrogen (secondary N) is 1. The van der Waals surface area contributed by atoms with Crippen LogP contribution in [0.25, 0.3) is 0 Å². The van der Waals surface area contributed by atoms with Crippen molar-refractivity contribution in [3.63, 3.8) is 0 Å². The van der Waals surface area contributed by atoms with Gasteiger partial charge in [-0.2, -0.15) is 0 Å². The molecule has 92 valence electrons. The molecule has 17 heavy (non-hydrogen) atoms. The molecule has 0 aromatic heterocycles. The summed E-state index contributed by atoms with van der Waals surface area (Å²) in [6.07, 6.45) is 3.59. The highest BCUT2D eigenvalue weighted by atomic mass is 79.9. The van der Waals surface area contributed by atoms with Crippen LogP contribution in [0.3, 0.4) is 0 Å². The molecule has 1 aliphatic rings. The number of benzene rings is 1. The summed E-state index contributed by atoms with van der Waals surface area (Å²) in [6, 6.07) is 4.65. The Bertz CT molecular complexity index is 431. The zero-order chi connectivity index (χ0) is 12.4. The van der Waals surface area contributed by atoms with Gasteiger partial charge < -0.3 is 5.32 Å². The number of rotatable bonds is 3. The van der Waals surface area contributed by atoms with E-state index in [2.05, 4.69) is 21.2 Å². The van der Waals surface area contributed by atoms with Gasteiger partial charge in [-0.1, -0.05) is 12.5 Å². The first-order chi connectivity index (χ1) is 8.09. The van der Waals surface area contributed by atoms with Gasteiger partial charge in [0.15, 0.2) is 0 Å². The summed E-state index contributed by atoms with van der Waals surface area (Å²) in [5.41, 5.74) is 0.358. The zero-order valence-electron chi connectivity index (χ0n) is 9.67. The molecule has 2 nitrogen and oxygen atoms in total. The van der Waals surface area contributed by atoms with E-state index in [0.29, 0.717) is 11.5 Å². The first kappa shape index (κ1) is 12.6. The summed E-state index contributed by atoms with van der Waals surface area (Å²) in [5.74, 6) is -0.0454. The molecular formula is C13H15BrFNO. The van der Waals surface area contributed by atoms with Crippen LogP contribution in [0.2, 0.25) is 0 Å². The molecule has 0 heterocycles. The average molecular weight is 300 g/mol. The van der Waals surface area contributed by atoms with E-state index in [9.17, 15) is 9.18 Å². The van der Waals surface area contributed by atoms with Crippen LogP contribution in [0.4, 0.5) is 4.39 Å². The minimum atomic E-state index is -0.408. The van der Waals surface area contributed by atoms with Crippen LogP contribution in [0.5, 0.6) is 0 Å². The van der Waals surface area contributed by atoms with Gasteiger partial charge in [-0.25, -0.2) is 4.39 Å². The highest BCUT2D eigenvalue weighted by Gasteiger charge is 2.25. The van der Waals surface area contributed by atoms with Gasteiger partial charge in [0.2, 0.25) is 0 Å². The molecule has 0 aliphatic heterocycles. The van der Waals surface area contributed by atoms with Crippen LogP contribution < -0.4 is 5.32 Å². The predicted octanol–water partition coefficient (Wildman–Crippen LogP) is 3.51. The molecule has 0 radical (unpaired) electrons. The van der Waals surface area contributed by atoms with E-state index in [0.717, 1.165) is 0 Å². The van der Waals surface area contributed by atoms with Crippen molar-refractivity contribution in [2.45, 2.75) is 32.2 Å². The molecule has 2 rings (SSSR count). The van der Waals surface area contributed by atoms with Crippen molar-refractivity contribution < 1.29 is 9.18 Å². The van der Waals surface area contributed by atoms with Gasteiger partial charge in [0.1, 0.15) is 5.82 Å². The van der Waals surface area contributed by atoms with Crippen molar-refractivity contribution in [3.8, 4) is 0 Å². The first-order valence-electron chi connectivity index (χ1n) is 5.84. The van der Waals surface area contributed by atoms with Gasteiger partial charge in [0, 0.05) is 6.04 Å². The van der Waals surface area contributed by atoms with Gasteiger partial charge in [-0.15, -0.1) is 0 Å². The van der Waals surface area contributed by atoms with E-state index >= 15 is 0 Å². The molecule has 0 bridgehead atoms. The molecule has 1 saturated carbocycles. The lowest BCUT2D eigenvalue weighted by Gasteiger charge is -2.31. The number of carbonyl (C=O) groups is 1. The molecule has 1 aliphatic carbocycles. The quantitative estimate of drug-likeness (QED) is 0.909. The first-order valence-corrected chi connectivity index (χ1v) is 6.63. The van der Waals surface area contributed by atoms with Gasteiger partial charge in [0.25, 0.3) is 5.91 Å². The third-order valence-corrected chi connectivity index (χ3v) is 4.22. The molecule has 0 spiro atoms. The maximum absolute atomic E-state index is 13.3. The lowest BCUT2D eigenvalue weighted by Crippen LogP contribution is -2.40. The third kappa shape index (κ3) is 2.68. The molecule has 1 fully saturated rings. The number of hydrogen-bond donors (Lipinski definition) is 1. The third-order valence-electron chi connectivity index (χ3n) is 3.41. The molecule has 1 unspecified atom stereocenters. The number of carbonyl (C=O) groups excluding carboxylic acids is 1. The Kier molecular flexibility index (Phi) is 3.82. The molecule has 1 aromatic carbocycles. The second-order valence-corrected chi connectivity index (χ2v) is 5.35. The van der Waals surface area contributed by atoms with Crippen molar-refractivity contribution in [2.24, 2.45) is 5.92 Å². The summed E-state index contributed by atoms with van der Waals surface area (Å²) in [7, 11) is 0. The minimum absolute atomic E-state index is 0.159. The van der Waals surface area contributed by atoms with Crippen LogP contribution in [0, 0.1) is 11.7 Å². The topological polar surface area (TPSA) is 29.1 Å². The van der Waals surface area contributed by atoms with E-state index in [-0.39, 0.29) is 16.4 Å². The van der Waals surface area contributed by atoms with E-state index in [1.165, 1.54) is 25.3 Å². The Morgan fingerprint density at radius 2 is 2.24 bits per heavy atom. The highest BCUT2D eigenvalue weighted by Crippen LogP contribution is 2.29. The van der Waals surface area contributed by atoms with E-state index in [4.69, 9.17) is 0 Å². The fourth-order valence-electron chi connectivity index (χ4n) is 2.02. The second-order valence-electron chi connectivity index (χ2n) is 4.55. The Morgan fingerprint density at radius 3 is 2.82 bits per heavy atom. The van der Waals surface area contributed by atoms with Crippen molar-refractivity contribution in [3.05, 3.63) is 34.1 Å². The van der Waals surface area contributed by atoms with Gasteiger partial charge in [-0.05, 0) is 53.7 Å². The molecule has 1 amide bonds. The van der Waals surface area contributed by atoms with E-state index in [1.807, 2.05) is 6.92 Å². The van der Waals surface area contributed by atoms with Crippen molar-refractivity contribution >= 4 is 21.8 Å². The molecular weight excluding hydrogens is 285 g/mol. The second kappa shape index (κ2) is 5.17. The highest BCUT2D eigenvalue weighted by molar-refractivity contribution is 9.10. The number of halogens is 2. The van der Waals surface area contributed by atoms with Crippen LogP contribution in [0.1, 0.15) is 36.5 Å². The van der Waals surface area contributed by atoms with Gasteiger partial charge >= 0.3 is 0 Å². The summed E-state index contributed by atoms with van der Waals surface area (Å²) in [4.78, 5) is 12.0. The Balaban J connectivity index is 2.06. The van der Waals surface area contributed by atoms with Crippen molar-refractivity contribution in [1.29, 1.82) is 0 Å². The molecule has 1 N–H and O–H groups in total. The Hall–Kier alpha value is -0.900. The van der Waals surface area contributed by atoms with Crippen LogP contribution >= 0.6 is 15.9 Å². The SMILES string of the molecule is CC(NC(=O)c1cccc(F)c1Br)C1CCC1. The zero-order valence-corrected chi connectivity index (χ0v) is 11.3. The van der Waals surface area contributed by atoms with Crippen LogP contribution in [0.15, 0.2) is 22.7 Å². The normalized spacial score (nSPS) is 17.4.